The van der Waals surface area contributed by atoms with Crippen molar-refractivity contribution in [2.75, 3.05) is 0 Å². The predicted molar refractivity (Wildman–Crippen MR) is 76.7 cm³/mol. The van der Waals surface area contributed by atoms with Crippen molar-refractivity contribution in [2.45, 2.75) is 44.6 Å². The van der Waals surface area contributed by atoms with E-state index in [9.17, 15) is 4.79 Å². The second kappa shape index (κ2) is 5.60. The third-order valence-electron chi connectivity index (χ3n) is 4.33. The standard InChI is InChI=1S/C17H21NO/c19-17(14-8-2-1-3-9-14)18-16-12-6-10-13-7-4-5-11-15(13)16/h1-2,4-5,7,11,14,16H,3,6,8-10,12H2,(H,18,19)/t14-,16-/m1/s1. The van der Waals surface area contributed by atoms with Crippen LogP contribution < -0.4 is 5.32 Å². The van der Waals surface area contributed by atoms with Crippen molar-refractivity contribution in [3.8, 4) is 0 Å². The van der Waals surface area contributed by atoms with Gasteiger partial charge in [0.25, 0.3) is 0 Å². The maximum Gasteiger partial charge on any atom is 0.223 e. The van der Waals surface area contributed by atoms with E-state index >= 15 is 0 Å². The van der Waals surface area contributed by atoms with E-state index in [2.05, 4.69) is 41.7 Å². The molecule has 0 unspecified atom stereocenters. The van der Waals surface area contributed by atoms with Gasteiger partial charge in [-0.15, -0.1) is 0 Å². The Kier molecular flexibility index (Phi) is 3.67. The monoisotopic (exact) mass is 255 g/mol. The van der Waals surface area contributed by atoms with Crippen molar-refractivity contribution >= 4 is 5.91 Å². The highest BCUT2D eigenvalue weighted by molar-refractivity contribution is 5.79. The van der Waals surface area contributed by atoms with E-state index in [4.69, 9.17) is 0 Å². The van der Waals surface area contributed by atoms with Gasteiger partial charge >= 0.3 is 0 Å². The van der Waals surface area contributed by atoms with Crippen LogP contribution in [0.4, 0.5) is 0 Å². The van der Waals surface area contributed by atoms with Gasteiger partial charge in [-0.3, -0.25) is 4.79 Å². The van der Waals surface area contributed by atoms with Gasteiger partial charge in [0.15, 0.2) is 0 Å². The number of rotatable bonds is 2. The minimum atomic E-state index is 0.180. The Bertz CT molecular complexity index is 492. The van der Waals surface area contributed by atoms with Gasteiger partial charge in [-0.1, -0.05) is 36.4 Å². The molecule has 1 N–H and O–H groups in total. The Hall–Kier alpha value is -1.57. The van der Waals surface area contributed by atoms with Gasteiger partial charge in [0, 0.05) is 5.92 Å². The topological polar surface area (TPSA) is 29.1 Å². The fraction of sp³-hybridized carbons (Fsp3) is 0.471. The molecule has 0 fully saturated rings. The molecule has 0 saturated heterocycles. The lowest BCUT2D eigenvalue weighted by atomic mass is 9.86. The summed E-state index contributed by atoms with van der Waals surface area (Å²) in [5, 5.41) is 3.27. The Morgan fingerprint density at radius 2 is 2.05 bits per heavy atom. The molecule has 0 saturated carbocycles. The van der Waals surface area contributed by atoms with E-state index in [-0.39, 0.29) is 17.9 Å². The van der Waals surface area contributed by atoms with Crippen LogP contribution >= 0.6 is 0 Å². The zero-order chi connectivity index (χ0) is 13.1. The lowest BCUT2D eigenvalue weighted by molar-refractivity contribution is -0.126. The molecule has 0 aromatic heterocycles. The first-order valence-electron chi connectivity index (χ1n) is 7.38. The van der Waals surface area contributed by atoms with Crippen LogP contribution in [-0.2, 0) is 11.2 Å². The molecule has 1 aromatic rings. The van der Waals surface area contributed by atoms with Crippen molar-refractivity contribution in [1.29, 1.82) is 0 Å². The molecule has 19 heavy (non-hydrogen) atoms. The summed E-state index contributed by atoms with van der Waals surface area (Å²) in [5.41, 5.74) is 2.73. The van der Waals surface area contributed by atoms with E-state index < -0.39 is 0 Å². The summed E-state index contributed by atoms with van der Waals surface area (Å²) in [5.74, 6) is 0.421. The minimum Gasteiger partial charge on any atom is -0.349 e. The van der Waals surface area contributed by atoms with E-state index in [1.165, 1.54) is 17.5 Å². The largest absolute Gasteiger partial charge is 0.349 e. The Morgan fingerprint density at radius 3 is 2.89 bits per heavy atom. The molecular formula is C17H21NO. The van der Waals surface area contributed by atoms with Gasteiger partial charge in [-0.25, -0.2) is 0 Å². The van der Waals surface area contributed by atoms with Crippen LogP contribution in [0.2, 0.25) is 0 Å². The van der Waals surface area contributed by atoms with Gasteiger partial charge in [0.1, 0.15) is 0 Å². The summed E-state index contributed by atoms with van der Waals surface area (Å²) in [4.78, 5) is 12.3. The van der Waals surface area contributed by atoms with Crippen molar-refractivity contribution in [2.24, 2.45) is 5.92 Å². The summed E-state index contributed by atoms with van der Waals surface area (Å²) in [7, 11) is 0. The third-order valence-corrected chi connectivity index (χ3v) is 4.33. The lowest BCUT2D eigenvalue weighted by Crippen LogP contribution is -2.35. The van der Waals surface area contributed by atoms with Crippen LogP contribution in [0.3, 0.4) is 0 Å². The fourth-order valence-corrected chi connectivity index (χ4v) is 3.23. The zero-order valence-corrected chi connectivity index (χ0v) is 11.3. The number of carbonyl (C=O) groups excluding carboxylic acids is 1. The van der Waals surface area contributed by atoms with E-state index in [1.54, 1.807) is 0 Å². The maximum absolute atomic E-state index is 12.3. The molecule has 2 aliphatic carbocycles. The number of benzene rings is 1. The molecule has 0 aliphatic heterocycles. The Morgan fingerprint density at radius 1 is 1.16 bits per heavy atom. The van der Waals surface area contributed by atoms with Crippen LogP contribution in [0.5, 0.6) is 0 Å². The normalized spacial score (nSPS) is 25.7. The van der Waals surface area contributed by atoms with Gasteiger partial charge in [0.05, 0.1) is 6.04 Å². The third kappa shape index (κ3) is 2.73. The van der Waals surface area contributed by atoms with E-state index in [0.29, 0.717) is 0 Å². The first-order valence-corrected chi connectivity index (χ1v) is 7.38. The number of hydrogen-bond acceptors (Lipinski definition) is 1. The van der Waals surface area contributed by atoms with Gasteiger partial charge in [0.2, 0.25) is 5.91 Å². The highest BCUT2D eigenvalue weighted by Crippen LogP contribution is 2.30. The molecule has 2 aliphatic rings. The lowest BCUT2D eigenvalue weighted by Gasteiger charge is -2.28. The summed E-state index contributed by atoms with van der Waals surface area (Å²) >= 11 is 0. The number of allylic oxidation sites excluding steroid dienone is 2. The average molecular weight is 255 g/mol. The van der Waals surface area contributed by atoms with Crippen LogP contribution in [0.1, 0.15) is 49.3 Å². The number of hydrogen-bond donors (Lipinski definition) is 1. The molecule has 1 amide bonds. The van der Waals surface area contributed by atoms with Crippen LogP contribution in [-0.4, -0.2) is 5.91 Å². The molecule has 0 spiro atoms. The summed E-state index contributed by atoms with van der Waals surface area (Å²) in [6.45, 7) is 0. The van der Waals surface area contributed by atoms with E-state index in [1.807, 2.05) is 0 Å². The molecule has 2 atom stereocenters. The van der Waals surface area contributed by atoms with Crippen LogP contribution in [0.25, 0.3) is 0 Å². The second-order valence-corrected chi connectivity index (χ2v) is 5.63. The maximum atomic E-state index is 12.3. The molecular weight excluding hydrogens is 234 g/mol. The number of fused-ring (bicyclic) bond motifs is 1. The zero-order valence-electron chi connectivity index (χ0n) is 11.3. The first kappa shape index (κ1) is 12.5. The minimum absolute atomic E-state index is 0.180. The highest BCUT2D eigenvalue weighted by Gasteiger charge is 2.25. The van der Waals surface area contributed by atoms with Crippen molar-refractivity contribution in [3.63, 3.8) is 0 Å². The number of amides is 1. The van der Waals surface area contributed by atoms with Crippen LogP contribution in [0.15, 0.2) is 36.4 Å². The van der Waals surface area contributed by atoms with Crippen LogP contribution in [0, 0.1) is 5.92 Å². The Balaban J connectivity index is 1.70. The first-order chi connectivity index (χ1) is 9.34. The number of carbonyl (C=O) groups is 1. The average Bonchev–Trinajstić information content (AvgIpc) is 2.48. The van der Waals surface area contributed by atoms with Gasteiger partial charge in [-0.05, 0) is 49.7 Å². The van der Waals surface area contributed by atoms with E-state index in [0.717, 1.165) is 32.1 Å². The second-order valence-electron chi connectivity index (χ2n) is 5.63. The summed E-state index contributed by atoms with van der Waals surface area (Å²) in [6, 6.07) is 8.75. The molecule has 100 valence electrons. The molecule has 3 rings (SSSR count). The van der Waals surface area contributed by atoms with Crippen molar-refractivity contribution in [3.05, 3.63) is 47.5 Å². The van der Waals surface area contributed by atoms with Crippen molar-refractivity contribution < 1.29 is 4.79 Å². The van der Waals surface area contributed by atoms with Gasteiger partial charge in [-0.2, -0.15) is 0 Å². The molecule has 2 nitrogen and oxygen atoms in total. The summed E-state index contributed by atoms with van der Waals surface area (Å²) < 4.78 is 0. The molecule has 0 heterocycles. The number of nitrogens with one attached hydrogen (secondary N) is 1. The molecule has 0 radical (unpaired) electrons. The number of aryl methyl sites for hydroxylation is 1. The summed E-state index contributed by atoms with van der Waals surface area (Å²) in [6.07, 6.45) is 10.7. The predicted octanol–water partition coefficient (Wildman–Crippen LogP) is 3.54. The highest BCUT2D eigenvalue weighted by atomic mass is 16.1. The molecule has 0 bridgehead atoms. The van der Waals surface area contributed by atoms with Crippen molar-refractivity contribution in [1.82, 2.24) is 5.32 Å². The SMILES string of the molecule is O=C(N[C@@H]1CCCc2ccccc21)[C@@H]1CC=CCC1. The molecule has 1 aromatic carbocycles. The Labute approximate surface area is 114 Å². The molecule has 2 heteroatoms. The smallest absolute Gasteiger partial charge is 0.223 e. The van der Waals surface area contributed by atoms with Gasteiger partial charge < -0.3 is 5.32 Å². The quantitative estimate of drug-likeness (QED) is 0.805. The fourth-order valence-electron chi connectivity index (χ4n) is 3.23.